The first-order valence-corrected chi connectivity index (χ1v) is 10.8. The molecule has 1 amide bonds. The van der Waals surface area contributed by atoms with Crippen molar-refractivity contribution in [2.75, 3.05) is 5.32 Å². The van der Waals surface area contributed by atoms with Gasteiger partial charge in [-0.25, -0.2) is 13.9 Å². The molecule has 0 aliphatic heterocycles. The molecule has 7 nitrogen and oxygen atoms in total. The number of benzene rings is 2. The van der Waals surface area contributed by atoms with E-state index in [-0.39, 0.29) is 41.0 Å². The lowest BCUT2D eigenvalue weighted by Gasteiger charge is -2.19. The number of H-pyrrole nitrogens is 1. The topological polar surface area (TPSA) is 96.5 Å². The zero-order valence-corrected chi connectivity index (χ0v) is 18.6. The molecule has 1 aliphatic carbocycles. The number of halogens is 5. The lowest BCUT2D eigenvalue weighted by molar-refractivity contribution is -0.137. The molecular weight excluding hydrogens is 483 g/mol. The van der Waals surface area contributed by atoms with Gasteiger partial charge in [-0.05, 0) is 60.5 Å². The summed E-state index contributed by atoms with van der Waals surface area (Å²) < 4.78 is 68.8. The van der Waals surface area contributed by atoms with Gasteiger partial charge in [0.05, 0.1) is 11.0 Å². The summed E-state index contributed by atoms with van der Waals surface area (Å²) in [6.07, 6.45) is -2.76. The molecule has 0 radical (unpaired) electrons. The zero-order valence-electron chi connectivity index (χ0n) is 18.6. The monoisotopic (exact) mass is 500 g/mol. The summed E-state index contributed by atoms with van der Waals surface area (Å²) in [6, 6.07) is 8.04. The lowest BCUT2D eigenvalue weighted by Crippen LogP contribution is -2.29. The number of aromatic amines is 1. The SMILES string of the molecule is Cc1ccc(-c2c(F)cc(NC(=O)C3(c4ccc(C(F)(F)F)cc4F)CC3)cc2-c2nnn[nH]2)cn1. The summed E-state index contributed by atoms with van der Waals surface area (Å²) in [6.45, 7) is 1.78. The molecule has 2 N–H and O–H groups in total. The molecule has 1 aliphatic rings. The largest absolute Gasteiger partial charge is 0.416 e. The number of hydrogen-bond acceptors (Lipinski definition) is 5. The number of carbonyl (C=O) groups excluding carboxylic acids is 1. The van der Waals surface area contributed by atoms with Crippen LogP contribution in [0.4, 0.5) is 27.6 Å². The average molecular weight is 500 g/mol. The van der Waals surface area contributed by atoms with Crippen molar-refractivity contribution in [1.29, 1.82) is 0 Å². The third-order valence-corrected chi connectivity index (χ3v) is 6.15. The van der Waals surface area contributed by atoms with E-state index in [4.69, 9.17) is 0 Å². The van der Waals surface area contributed by atoms with Gasteiger partial charge in [0.15, 0.2) is 5.82 Å². The molecule has 12 heteroatoms. The maximum absolute atomic E-state index is 15.4. The number of nitrogens with one attached hydrogen (secondary N) is 2. The van der Waals surface area contributed by atoms with Gasteiger partial charge in [-0.2, -0.15) is 13.2 Å². The summed E-state index contributed by atoms with van der Waals surface area (Å²) in [5.41, 5.74) is -1.02. The van der Waals surface area contributed by atoms with Crippen molar-refractivity contribution in [2.24, 2.45) is 0 Å². The van der Waals surface area contributed by atoms with Crippen molar-refractivity contribution in [3.8, 4) is 22.5 Å². The van der Waals surface area contributed by atoms with E-state index in [0.717, 1.165) is 23.9 Å². The van der Waals surface area contributed by atoms with Gasteiger partial charge < -0.3 is 5.32 Å². The van der Waals surface area contributed by atoms with E-state index < -0.39 is 34.7 Å². The molecule has 0 bridgehead atoms. The first kappa shape index (κ1) is 23.5. The predicted octanol–water partition coefficient (Wildman–Crippen LogP) is 5.20. The van der Waals surface area contributed by atoms with Gasteiger partial charge in [-0.15, -0.1) is 5.10 Å². The molecule has 4 aromatic rings. The number of alkyl halides is 3. The number of aryl methyl sites for hydroxylation is 1. The highest BCUT2D eigenvalue weighted by molar-refractivity contribution is 6.02. The van der Waals surface area contributed by atoms with Crippen LogP contribution >= 0.6 is 0 Å². The summed E-state index contributed by atoms with van der Waals surface area (Å²) in [4.78, 5) is 17.3. The minimum absolute atomic E-state index is 0.0475. The number of aromatic nitrogens is 5. The van der Waals surface area contributed by atoms with E-state index in [1.807, 2.05) is 0 Å². The van der Waals surface area contributed by atoms with Crippen molar-refractivity contribution in [2.45, 2.75) is 31.4 Å². The average Bonchev–Trinajstić information content (AvgIpc) is 3.44. The predicted molar refractivity (Wildman–Crippen MR) is 118 cm³/mol. The Balaban J connectivity index is 1.50. The van der Waals surface area contributed by atoms with Crippen LogP contribution in [-0.4, -0.2) is 31.5 Å². The van der Waals surface area contributed by atoms with Gasteiger partial charge in [0.25, 0.3) is 0 Å². The molecule has 0 spiro atoms. The van der Waals surface area contributed by atoms with Crippen LogP contribution in [0.1, 0.15) is 29.7 Å². The lowest BCUT2D eigenvalue weighted by atomic mass is 9.92. The number of rotatable bonds is 5. The van der Waals surface area contributed by atoms with Crippen LogP contribution in [0.15, 0.2) is 48.7 Å². The molecule has 0 saturated heterocycles. The standard InChI is InChI=1S/C24H17F5N6O/c1-12-2-3-13(11-30-12)20-16(21-32-34-35-33-21)9-15(10-19(20)26)31-22(36)23(6-7-23)17-5-4-14(8-18(17)25)24(27,28)29/h2-5,8-11H,6-7H2,1H3,(H,31,36)(H,32,33,34,35). The molecular formula is C24H17F5N6O. The minimum atomic E-state index is -4.71. The van der Waals surface area contributed by atoms with Crippen molar-refractivity contribution >= 4 is 11.6 Å². The Morgan fingerprint density at radius 2 is 1.83 bits per heavy atom. The maximum Gasteiger partial charge on any atom is 0.416 e. The van der Waals surface area contributed by atoms with E-state index >= 15 is 4.39 Å². The Labute approximate surface area is 200 Å². The van der Waals surface area contributed by atoms with Gasteiger partial charge in [-0.1, -0.05) is 12.1 Å². The van der Waals surface area contributed by atoms with Crippen LogP contribution in [0.25, 0.3) is 22.5 Å². The highest BCUT2D eigenvalue weighted by Crippen LogP contribution is 2.50. The van der Waals surface area contributed by atoms with Gasteiger partial charge in [0.1, 0.15) is 11.6 Å². The van der Waals surface area contributed by atoms with Crippen LogP contribution in [0.3, 0.4) is 0 Å². The number of anilines is 1. The Morgan fingerprint density at radius 1 is 1.06 bits per heavy atom. The van der Waals surface area contributed by atoms with Crippen LogP contribution < -0.4 is 5.32 Å². The van der Waals surface area contributed by atoms with E-state index in [9.17, 15) is 22.4 Å². The maximum atomic E-state index is 15.4. The Morgan fingerprint density at radius 3 is 2.42 bits per heavy atom. The summed E-state index contributed by atoms with van der Waals surface area (Å²) in [7, 11) is 0. The second kappa shape index (κ2) is 8.47. The molecule has 2 aromatic carbocycles. The fourth-order valence-corrected chi connectivity index (χ4v) is 4.12. The number of nitrogens with zero attached hydrogens (tertiary/aromatic N) is 4. The third-order valence-electron chi connectivity index (χ3n) is 6.15. The highest BCUT2D eigenvalue weighted by atomic mass is 19.4. The highest BCUT2D eigenvalue weighted by Gasteiger charge is 2.53. The van der Waals surface area contributed by atoms with Crippen molar-refractivity contribution in [1.82, 2.24) is 25.6 Å². The van der Waals surface area contributed by atoms with Crippen molar-refractivity contribution in [3.63, 3.8) is 0 Å². The third kappa shape index (κ3) is 4.18. The molecule has 2 heterocycles. The van der Waals surface area contributed by atoms with Crippen LogP contribution in [-0.2, 0) is 16.4 Å². The van der Waals surface area contributed by atoms with Crippen LogP contribution in [0.2, 0.25) is 0 Å². The molecule has 5 rings (SSSR count). The number of tetrazole rings is 1. The van der Waals surface area contributed by atoms with E-state index in [0.29, 0.717) is 11.6 Å². The van der Waals surface area contributed by atoms with Crippen LogP contribution in [0, 0.1) is 18.6 Å². The summed E-state index contributed by atoms with van der Waals surface area (Å²) in [5.74, 6) is -2.35. The fourth-order valence-electron chi connectivity index (χ4n) is 4.12. The molecule has 1 saturated carbocycles. The number of hydrogen-bond donors (Lipinski definition) is 2. The molecule has 184 valence electrons. The normalized spacial score (nSPS) is 14.5. The minimum Gasteiger partial charge on any atom is -0.325 e. The smallest absolute Gasteiger partial charge is 0.325 e. The second-order valence-corrected chi connectivity index (χ2v) is 8.55. The first-order chi connectivity index (χ1) is 17.1. The molecule has 0 unspecified atom stereocenters. The quantitative estimate of drug-likeness (QED) is 0.367. The molecule has 2 aromatic heterocycles. The van der Waals surface area contributed by atoms with Crippen molar-refractivity contribution < 1.29 is 26.7 Å². The Bertz CT molecular complexity index is 1450. The fraction of sp³-hybridized carbons (Fsp3) is 0.208. The van der Waals surface area contributed by atoms with E-state index in [2.05, 4.69) is 30.9 Å². The number of pyridine rings is 1. The van der Waals surface area contributed by atoms with Gasteiger partial charge in [0.2, 0.25) is 5.91 Å². The van der Waals surface area contributed by atoms with Crippen molar-refractivity contribution in [3.05, 3.63) is 77.1 Å². The second-order valence-electron chi connectivity index (χ2n) is 8.55. The number of amides is 1. The molecule has 36 heavy (non-hydrogen) atoms. The van der Waals surface area contributed by atoms with Gasteiger partial charge in [0, 0.05) is 39.8 Å². The summed E-state index contributed by atoms with van der Waals surface area (Å²) in [5, 5.41) is 16.0. The van der Waals surface area contributed by atoms with E-state index in [1.165, 1.54) is 12.3 Å². The molecule has 1 fully saturated rings. The van der Waals surface area contributed by atoms with Gasteiger partial charge in [-0.3, -0.25) is 9.78 Å². The Kier molecular flexibility index (Phi) is 5.53. The number of carbonyl (C=O) groups is 1. The van der Waals surface area contributed by atoms with E-state index in [1.54, 1.807) is 19.1 Å². The molecule has 0 atom stereocenters. The first-order valence-electron chi connectivity index (χ1n) is 10.8. The van der Waals surface area contributed by atoms with Crippen LogP contribution in [0.5, 0.6) is 0 Å². The zero-order chi connectivity index (χ0) is 25.7. The Hall–Kier alpha value is -4.22. The van der Waals surface area contributed by atoms with Gasteiger partial charge >= 0.3 is 6.18 Å². The summed E-state index contributed by atoms with van der Waals surface area (Å²) >= 11 is 0.